The first-order chi connectivity index (χ1) is 9.29. The molecular weight excluding hydrogens is 342 g/mol. The third-order valence-electron chi connectivity index (χ3n) is 2.65. The molecule has 2 aromatic rings. The summed E-state index contributed by atoms with van der Waals surface area (Å²) in [6.45, 7) is 0. The molecule has 0 aliphatic rings. The van der Waals surface area contributed by atoms with Crippen LogP contribution in [0.25, 0.3) is 0 Å². The number of aromatic nitrogens is 1. The van der Waals surface area contributed by atoms with Gasteiger partial charge in [0.05, 0.1) is 5.56 Å². The van der Waals surface area contributed by atoms with Crippen LogP contribution in [0.2, 0.25) is 0 Å². The molecule has 0 aliphatic heterocycles. The summed E-state index contributed by atoms with van der Waals surface area (Å²) in [6, 6.07) is 4.24. The summed E-state index contributed by atoms with van der Waals surface area (Å²) in [7, 11) is 0. The average molecular weight is 350 g/mol. The molecule has 2 rings (SSSR count). The number of pyridine rings is 1. The first kappa shape index (κ1) is 14.9. The fourth-order valence-corrected chi connectivity index (χ4v) is 2.28. The van der Waals surface area contributed by atoms with Crippen LogP contribution in [-0.4, -0.2) is 10.1 Å². The summed E-state index contributed by atoms with van der Waals surface area (Å²) >= 11 is 3.02. The van der Waals surface area contributed by atoms with Gasteiger partial charge >= 0.3 is 6.18 Å². The van der Waals surface area contributed by atoms with E-state index < -0.39 is 29.2 Å². The van der Waals surface area contributed by atoms with Crippen LogP contribution in [0.3, 0.4) is 0 Å². The molecular formula is C13H8BrF4NO. The van der Waals surface area contributed by atoms with Crippen LogP contribution < -0.4 is 0 Å². The lowest BCUT2D eigenvalue weighted by molar-refractivity contribution is -0.139. The Bertz CT molecular complexity index is 610. The van der Waals surface area contributed by atoms with E-state index in [9.17, 15) is 22.7 Å². The molecule has 0 aliphatic carbocycles. The van der Waals surface area contributed by atoms with E-state index in [4.69, 9.17) is 0 Å². The van der Waals surface area contributed by atoms with Gasteiger partial charge in [-0.3, -0.25) is 4.98 Å². The van der Waals surface area contributed by atoms with Gasteiger partial charge in [0.15, 0.2) is 0 Å². The Morgan fingerprint density at radius 3 is 2.50 bits per heavy atom. The van der Waals surface area contributed by atoms with Gasteiger partial charge in [-0.05, 0) is 29.8 Å². The molecule has 7 heteroatoms. The molecule has 1 atom stereocenters. The van der Waals surface area contributed by atoms with Gasteiger partial charge in [-0.2, -0.15) is 13.2 Å². The van der Waals surface area contributed by atoms with Gasteiger partial charge in [0.1, 0.15) is 11.9 Å². The molecule has 20 heavy (non-hydrogen) atoms. The standard InChI is InChI=1S/C13H8BrF4NO/c14-8-3-7(4-9(15)5-8)12(20)10-6-19-2-1-11(10)13(16,17)18/h1-6,12,20H. The maximum absolute atomic E-state index is 13.3. The second kappa shape index (κ2) is 5.49. The van der Waals surface area contributed by atoms with Crippen LogP contribution in [0.5, 0.6) is 0 Å². The molecule has 1 N–H and O–H groups in total. The van der Waals surface area contributed by atoms with Crippen molar-refractivity contribution in [3.8, 4) is 0 Å². The van der Waals surface area contributed by atoms with Crippen molar-refractivity contribution in [3.63, 3.8) is 0 Å². The smallest absolute Gasteiger partial charge is 0.384 e. The highest BCUT2D eigenvalue weighted by molar-refractivity contribution is 9.10. The van der Waals surface area contributed by atoms with E-state index in [0.29, 0.717) is 4.47 Å². The summed E-state index contributed by atoms with van der Waals surface area (Å²) in [5, 5.41) is 10.1. The van der Waals surface area contributed by atoms with Crippen LogP contribution in [0.15, 0.2) is 41.1 Å². The van der Waals surface area contributed by atoms with Gasteiger partial charge in [0, 0.05) is 22.4 Å². The Kier molecular flexibility index (Phi) is 4.10. The van der Waals surface area contributed by atoms with Crippen molar-refractivity contribution in [2.24, 2.45) is 0 Å². The second-order valence-corrected chi connectivity index (χ2v) is 4.98. The molecule has 1 aromatic heterocycles. The minimum Gasteiger partial charge on any atom is -0.384 e. The number of halogens is 5. The van der Waals surface area contributed by atoms with E-state index in [1.54, 1.807) is 0 Å². The van der Waals surface area contributed by atoms with E-state index in [0.717, 1.165) is 30.6 Å². The van der Waals surface area contributed by atoms with Crippen molar-refractivity contribution >= 4 is 15.9 Å². The van der Waals surface area contributed by atoms with E-state index in [2.05, 4.69) is 20.9 Å². The predicted octanol–water partition coefficient (Wildman–Crippen LogP) is 4.08. The highest BCUT2D eigenvalue weighted by Gasteiger charge is 2.35. The Morgan fingerprint density at radius 1 is 1.20 bits per heavy atom. The largest absolute Gasteiger partial charge is 0.416 e. The third-order valence-corrected chi connectivity index (χ3v) is 3.11. The summed E-state index contributed by atoms with van der Waals surface area (Å²) in [5.41, 5.74) is -1.41. The van der Waals surface area contributed by atoms with Crippen LogP contribution in [0.4, 0.5) is 17.6 Å². The zero-order valence-electron chi connectivity index (χ0n) is 9.83. The second-order valence-electron chi connectivity index (χ2n) is 4.07. The fraction of sp³-hybridized carbons (Fsp3) is 0.154. The summed E-state index contributed by atoms with van der Waals surface area (Å²) in [4.78, 5) is 3.58. The van der Waals surface area contributed by atoms with Crippen molar-refractivity contribution in [3.05, 3.63) is 63.6 Å². The van der Waals surface area contributed by atoms with Crippen LogP contribution in [0, 0.1) is 5.82 Å². The average Bonchev–Trinajstić information content (AvgIpc) is 2.35. The molecule has 1 heterocycles. The summed E-state index contributed by atoms with van der Waals surface area (Å²) in [6.07, 6.45) is -4.33. The van der Waals surface area contributed by atoms with Crippen LogP contribution in [0.1, 0.15) is 22.8 Å². The van der Waals surface area contributed by atoms with Crippen molar-refractivity contribution in [1.29, 1.82) is 0 Å². The van der Waals surface area contributed by atoms with Crippen LogP contribution in [-0.2, 0) is 6.18 Å². The number of rotatable bonds is 2. The molecule has 106 valence electrons. The number of aliphatic hydroxyl groups excluding tert-OH is 1. The zero-order chi connectivity index (χ0) is 14.9. The lowest BCUT2D eigenvalue weighted by atomic mass is 9.98. The van der Waals surface area contributed by atoms with Crippen molar-refractivity contribution < 1.29 is 22.7 Å². The lowest BCUT2D eigenvalue weighted by Gasteiger charge is -2.17. The Balaban J connectivity index is 2.51. The molecule has 2 nitrogen and oxygen atoms in total. The van der Waals surface area contributed by atoms with E-state index in [1.807, 2.05) is 0 Å². The summed E-state index contributed by atoms with van der Waals surface area (Å²) < 4.78 is 52.2. The Morgan fingerprint density at radius 2 is 1.90 bits per heavy atom. The van der Waals surface area contributed by atoms with Gasteiger partial charge in [0.2, 0.25) is 0 Å². The highest BCUT2D eigenvalue weighted by atomic mass is 79.9. The molecule has 0 spiro atoms. The van der Waals surface area contributed by atoms with Gasteiger partial charge in [-0.15, -0.1) is 0 Å². The minimum atomic E-state index is -4.62. The first-order valence-electron chi connectivity index (χ1n) is 5.44. The van der Waals surface area contributed by atoms with Crippen molar-refractivity contribution in [2.75, 3.05) is 0 Å². The molecule has 0 radical (unpaired) electrons. The van der Waals surface area contributed by atoms with E-state index >= 15 is 0 Å². The molecule has 0 fully saturated rings. The van der Waals surface area contributed by atoms with Gasteiger partial charge < -0.3 is 5.11 Å². The number of benzene rings is 1. The monoisotopic (exact) mass is 349 g/mol. The minimum absolute atomic E-state index is 0.00961. The van der Waals surface area contributed by atoms with Crippen LogP contribution >= 0.6 is 15.9 Å². The fourth-order valence-electron chi connectivity index (χ4n) is 1.80. The van der Waals surface area contributed by atoms with Gasteiger partial charge in [-0.1, -0.05) is 15.9 Å². The quantitative estimate of drug-likeness (QED) is 0.828. The number of hydrogen-bond acceptors (Lipinski definition) is 2. The molecule has 1 aromatic carbocycles. The Labute approximate surface area is 120 Å². The normalized spacial score (nSPS) is 13.3. The number of alkyl halides is 3. The van der Waals surface area contributed by atoms with E-state index in [-0.39, 0.29) is 5.56 Å². The predicted molar refractivity (Wildman–Crippen MR) is 67.4 cm³/mol. The SMILES string of the molecule is OC(c1cc(F)cc(Br)c1)c1cnccc1C(F)(F)F. The van der Waals surface area contributed by atoms with Gasteiger partial charge in [0.25, 0.3) is 0 Å². The molecule has 0 amide bonds. The van der Waals surface area contributed by atoms with E-state index in [1.165, 1.54) is 6.07 Å². The molecule has 0 bridgehead atoms. The Hall–Kier alpha value is -1.47. The first-order valence-corrected chi connectivity index (χ1v) is 6.23. The molecule has 1 unspecified atom stereocenters. The third kappa shape index (κ3) is 3.16. The number of hydrogen-bond donors (Lipinski definition) is 1. The lowest BCUT2D eigenvalue weighted by Crippen LogP contribution is -2.13. The number of nitrogens with zero attached hydrogens (tertiary/aromatic N) is 1. The molecule has 0 saturated carbocycles. The number of aliphatic hydroxyl groups is 1. The maximum Gasteiger partial charge on any atom is 0.416 e. The summed E-state index contributed by atoms with van der Waals surface area (Å²) in [5.74, 6) is -0.661. The maximum atomic E-state index is 13.3. The highest BCUT2D eigenvalue weighted by Crippen LogP contribution is 2.36. The van der Waals surface area contributed by atoms with Gasteiger partial charge in [-0.25, -0.2) is 4.39 Å². The van der Waals surface area contributed by atoms with Crippen molar-refractivity contribution in [1.82, 2.24) is 4.98 Å². The zero-order valence-corrected chi connectivity index (χ0v) is 11.4. The molecule has 0 saturated heterocycles. The topological polar surface area (TPSA) is 33.1 Å². The van der Waals surface area contributed by atoms with Crippen molar-refractivity contribution in [2.45, 2.75) is 12.3 Å².